The summed E-state index contributed by atoms with van der Waals surface area (Å²) in [4.78, 5) is 10.8. The van der Waals surface area contributed by atoms with Crippen molar-refractivity contribution in [2.45, 2.75) is 6.10 Å². The maximum absolute atomic E-state index is 11.3. The van der Waals surface area contributed by atoms with Crippen LogP contribution in [-0.2, 0) is 0 Å². The summed E-state index contributed by atoms with van der Waals surface area (Å²) in [5.74, 6) is 0.0638. The Morgan fingerprint density at radius 1 is 1.14 bits per heavy atom. The van der Waals surface area contributed by atoms with E-state index in [1.807, 2.05) is 6.07 Å². The first-order chi connectivity index (χ1) is 10.1. The number of nitro groups is 1. The van der Waals surface area contributed by atoms with Crippen LogP contribution in [0.5, 0.6) is 5.75 Å². The second-order valence-corrected chi connectivity index (χ2v) is 4.42. The van der Waals surface area contributed by atoms with Crippen LogP contribution in [0.15, 0.2) is 48.5 Å². The van der Waals surface area contributed by atoms with Crippen molar-refractivity contribution >= 4 is 5.69 Å². The van der Waals surface area contributed by atoms with Gasteiger partial charge in [-0.15, -0.1) is 0 Å². The van der Waals surface area contributed by atoms with Crippen molar-refractivity contribution in [1.82, 2.24) is 0 Å². The van der Waals surface area contributed by atoms with Gasteiger partial charge in [0.2, 0.25) is 0 Å². The Morgan fingerprint density at radius 3 is 2.48 bits per heavy atom. The Morgan fingerprint density at radius 2 is 1.86 bits per heavy atom. The van der Waals surface area contributed by atoms with Gasteiger partial charge in [-0.05, 0) is 17.7 Å². The number of ether oxygens (including phenoxy) is 1. The number of aliphatic hydroxyl groups excluding tert-OH is 2. The number of nitrogens with zero attached hydrogens (tertiary/aromatic N) is 1. The second-order valence-electron chi connectivity index (χ2n) is 4.42. The van der Waals surface area contributed by atoms with E-state index in [2.05, 4.69) is 0 Å². The van der Waals surface area contributed by atoms with Crippen molar-refractivity contribution < 1.29 is 19.9 Å². The average molecular weight is 289 g/mol. The molecular weight excluding hydrogens is 274 g/mol. The lowest BCUT2D eigenvalue weighted by atomic mass is 10.0. The fourth-order valence-electron chi connectivity index (χ4n) is 1.92. The molecule has 1 unspecified atom stereocenters. The first kappa shape index (κ1) is 15.0. The fraction of sp³-hybridized carbons (Fsp3) is 0.200. The van der Waals surface area contributed by atoms with Gasteiger partial charge in [0, 0.05) is 0 Å². The van der Waals surface area contributed by atoms with Crippen molar-refractivity contribution in [3.8, 4) is 16.9 Å². The van der Waals surface area contributed by atoms with Crippen LogP contribution in [0.1, 0.15) is 0 Å². The molecule has 0 radical (unpaired) electrons. The number of aliphatic hydroxyl groups is 2. The standard InChI is InChI=1S/C15H15NO5/c17-9-12(18)10-21-14-8-4-7-13(15(14)16(19)20)11-5-2-1-3-6-11/h1-8,12,17-18H,9-10H2. The molecule has 0 saturated carbocycles. The topological polar surface area (TPSA) is 92.8 Å². The van der Waals surface area contributed by atoms with Gasteiger partial charge in [-0.25, -0.2) is 0 Å². The molecule has 2 rings (SSSR count). The van der Waals surface area contributed by atoms with Gasteiger partial charge in [-0.2, -0.15) is 0 Å². The summed E-state index contributed by atoms with van der Waals surface area (Å²) < 4.78 is 5.26. The van der Waals surface area contributed by atoms with Crippen LogP contribution in [0.3, 0.4) is 0 Å². The molecule has 0 spiro atoms. The van der Waals surface area contributed by atoms with Gasteiger partial charge in [-0.1, -0.05) is 36.4 Å². The molecule has 1 atom stereocenters. The molecule has 6 heteroatoms. The molecule has 21 heavy (non-hydrogen) atoms. The summed E-state index contributed by atoms with van der Waals surface area (Å²) >= 11 is 0. The van der Waals surface area contributed by atoms with E-state index in [9.17, 15) is 15.2 Å². The molecular formula is C15H15NO5. The number of para-hydroxylation sites is 1. The van der Waals surface area contributed by atoms with Crippen molar-refractivity contribution in [3.63, 3.8) is 0 Å². The predicted molar refractivity (Wildman–Crippen MR) is 77.1 cm³/mol. The Hall–Kier alpha value is -2.44. The smallest absolute Gasteiger partial charge is 0.318 e. The molecule has 110 valence electrons. The lowest BCUT2D eigenvalue weighted by molar-refractivity contribution is -0.385. The number of rotatable bonds is 6. The molecule has 2 N–H and O–H groups in total. The number of benzene rings is 2. The zero-order chi connectivity index (χ0) is 15.2. The maximum Gasteiger partial charge on any atom is 0.318 e. The monoisotopic (exact) mass is 289 g/mol. The van der Waals surface area contributed by atoms with Crippen molar-refractivity contribution in [2.24, 2.45) is 0 Å². The Bertz CT molecular complexity index is 615. The van der Waals surface area contributed by atoms with Gasteiger partial charge >= 0.3 is 5.69 Å². The highest BCUT2D eigenvalue weighted by molar-refractivity contribution is 5.77. The van der Waals surface area contributed by atoms with Gasteiger partial charge in [0.1, 0.15) is 12.7 Å². The molecule has 0 saturated heterocycles. The van der Waals surface area contributed by atoms with Gasteiger partial charge < -0.3 is 14.9 Å². The fourth-order valence-corrected chi connectivity index (χ4v) is 1.92. The van der Waals surface area contributed by atoms with Crippen molar-refractivity contribution in [2.75, 3.05) is 13.2 Å². The molecule has 2 aromatic rings. The Balaban J connectivity index is 2.41. The summed E-state index contributed by atoms with van der Waals surface area (Å²) in [6, 6.07) is 13.7. The molecule has 0 aromatic heterocycles. The van der Waals surface area contributed by atoms with E-state index in [4.69, 9.17) is 9.84 Å². The van der Waals surface area contributed by atoms with Gasteiger partial charge in [0.25, 0.3) is 0 Å². The van der Waals surface area contributed by atoms with Crippen LogP contribution >= 0.6 is 0 Å². The van der Waals surface area contributed by atoms with Crippen LogP contribution in [-0.4, -0.2) is 34.5 Å². The maximum atomic E-state index is 11.3. The molecule has 0 aliphatic rings. The van der Waals surface area contributed by atoms with E-state index >= 15 is 0 Å². The highest BCUT2D eigenvalue weighted by atomic mass is 16.6. The molecule has 0 bridgehead atoms. The third-order valence-corrected chi connectivity index (χ3v) is 2.91. The predicted octanol–water partition coefficient (Wildman–Crippen LogP) is 1.99. The Kier molecular flexibility index (Phi) is 4.86. The number of hydrogen-bond acceptors (Lipinski definition) is 5. The summed E-state index contributed by atoms with van der Waals surface area (Å²) in [5, 5.41) is 29.4. The zero-order valence-electron chi connectivity index (χ0n) is 11.2. The first-order valence-electron chi connectivity index (χ1n) is 6.38. The van der Waals surface area contributed by atoms with E-state index in [1.54, 1.807) is 36.4 Å². The molecule has 0 amide bonds. The third-order valence-electron chi connectivity index (χ3n) is 2.91. The van der Waals surface area contributed by atoms with Crippen LogP contribution in [0.25, 0.3) is 11.1 Å². The van der Waals surface area contributed by atoms with E-state index in [0.29, 0.717) is 11.1 Å². The summed E-state index contributed by atoms with van der Waals surface area (Å²) in [6.07, 6.45) is -1.08. The molecule has 2 aromatic carbocycles. The lowest BCUT2D eigenvalue weighted by Gasteiger charge is -2.12. The average Bonchev–Trinajstić information content (AvgIpc) is 2.52. The SMILES string of the molecule is O=[N+]([O-])c1c(OCC(O)CO)cccc1-c1ccccc1. The van der Waals surface area contributed by atoms with Gasteiger partial charge in [0.15, 0.2) is 5.75 Å². The van der Waals surface area contributed by atoms with Crippen molar-refractivity contribution in [3.05, 3.63) is 58.6 Å². The second kappa shape index (κ2) is 6.83. The van der Waals surface area contributed by atoms with E-state index < -0.39 is 17.6 Å². The minimum Gasteiger partial charge on any atom is -0.484 e. The summed E-state index contributed by atoms with van der Waals surface area (Å²) in [6.45, 7) is -0.679. The van der Waals surface area contributed by atoms with E-state index in [0.717, 1.165) is 0 Å². The highest BCUT2D eigenvalue weighted by Gasteiger charge is 2.22. The summed E-state index contributed by atoms with van der Waals surface area (Å²) in [7, 11) is 0. The molecule has 0 fully saturated rings. The number of hydrogen-bond donors (Lipinski definition) is 2. The minimum atomic E-state index is -1.08. The minimum absolute atomic E-state index is 0.0638. The molecule has 0 aliphatic carbocycles. The van der Waals surface area contributed by atoms with E-state index in [1.165, 1.54) is 6.07 Å². The van der Waals surface area contributed by atoms with Crippen LogP contribution < -0.4 is 4.74 Å². The third kappa shape index (κ3) is 3.56. The van der Waals surface area contributed by atoms with E-state index in [-0.39, 0.29) is 18.0 Å². The lowest BCUT2D eigenvalue weighted by Crippen LogP contribution is -2.21. The normalized spacial score (nSPS) is 11.9. The van der Waals surface area contributed by atoms with Crippen molar-refractivity contribution in [1.29, 1.82) is 0 Å². The van der Waals surface area contributed by atoms with Gasteiger partial charge in [-0.3, -0.25) is 10.1 Å². The first-order valence-corrected chi connectivity index (χ1v) is 6.38. The quantitative estimate of drug-likeness (QED) is 0.626. The molecule has 0 aliphatic heterocycles. The Labute approximate surface area is 121 Å². The molecule has 0 heterocycles. The highest BCUT2D eigenvalue weighted by Crippen LogP contribution is 2.37. The van der Waals surface area contributed by atoms with Crippen LogP contribution in [0.2, 0.25) is 0 Å². The van der Waals surface area contributed by atoms with Crippen LogP contribution in [0.4, 0.5) is 5.69 Å². The van der Waals surface area contributed by atoms with Gasteiger partial charge in [0.05, 0.1) is 17.1 Å². The van der Waals surface area contributed by atoms with Crippen LogP contribution in [0, 0.1) is 10.1 Å². The molecule has 6 nitrogen and oxygen atoms in total. The largest absolute Gasteiger partial charge is 0.484 e. The number of nitro benzene ring substituents is 1. The summed E-state index contributed by atoms with van der Waals surface area (Å²) in [5.41, 5.74) is 0.989. The zero-order valence-corrected chi connectivity index (χ0v) is 11.2.